The van der Waals surface area contributed by atoms with Gasteiger partial charge in [-0.2, -0.15) is 4.39 Å². The van der Waals surface area contributed by atoms with Gasteiger partial charge in [-0.05, 0) is 0 Å². The van der Waals surface area contributed by atoms with Crippen LogP contribution in [0, 0.1) is 0 Å². The Morgan fingerprint density at radius 1 is 0.933 bits per heavy atom. The van der Waals surface area contributed by atoms with Crippen molar-refractivity contribution in [3.8, 4) is 0 Å². The van der Waals surface area contributed by atoms with E-state index in [1.807, 2.05) is 0 Å². The van der Waals surface area contributed by atoms with Crippen LogP contribution in [-0.4, -0.2) is 33.0 Å². The Morgan fingerprint density at radius 2 is 1.13 bits per heavy atom. The van der Waals surface area contributed by atoms with Crippen LogP contribution in [-0.2, 0) is 27.2 Å². The molecule has 0 aliphatic rings. The molecule has 0 rings (SSSR count). The molecule has 15 heavy (non-hydrogen) atoms. The molecule has 0 aromatic carbocycles. The molecule has 0 heterocycles. The highest BCUT2D eigenvalue weighted by Crippen LogP contribution is 2.79. The summed E-state index contributed by atoms with van der Waals surface area (Å²) >= 11 is 5.26. The van der Waals surface area contributed by atoms with E-state index in [1.165, 1.54) is 0 Å². The van der Waals surface area contributed by atoms with Gasteiger partial charge in [0.15, 0.2) is 0 Å². The summed E-state index contributed by atoms with van der Waals surface area (Å²) in [4.78, 5) is 0. The summed E-state index contributed by atoms with van der Waals surface area (Å²) in [5.74, 6) is 0. The van der Waals surface area contributed by atoms with E-state index >= 15 is 0 Å². The lowest BCUT2D eigenvalue weighted by Gasteiger charge is -2.29. The van der Waals surface area contributed by atoms with Gasteiger partial charge < -0.3 is 18.1 Å². The second-order valence-corrected chi connectivity index (χ2v) is 8.32. The van der Waals surface area contributed by atoms with Crippen molar-refractivity contribution in [2.45, 2.75) is 4.61 Å². The van der Waals surface area contributed by atoms with Crippen LogP contribution in [0.5, 0.6) is 0 Å². The Kier molecular flexibility index (Phi) is 5.41. The van der Waals surface area contributed by atoms with Crippen molar-refractivity contribution >= 4 is 26.8 Å². The number of rotatable bonds is 6. The van der Waals surface area contributed by atoms with Crippen molar-refractivity contribution in [1.82, 2.24) is 0 Å². The number of alkyl halides is 2. The van der Waals surface area contributed by atoms with Gasteiger partial charge in [0.1, 0.15) is 0 Å². The largest absolute Gasteiger partial charge is 0.395 e. The van der Waals surface area contributed by atoms with Crippen LogP contribution in [0.25, 0.3) is 0 Å². The van der Waals surface area contributed by atoms with Crippen LogP contribution in [0.2, 0.25) is 0 Å². The van der Waals surface area contributed by atoms with E-state index in [9.17, 15) is 13.5 Å². The smallest absolute Gasteiger partial charge is 0.308 e. The van der Waals surface area contributed by atoms with Gasteiger partial charge in [0.2, 0.25) is 0 Å². The first-order chi connectivity index (χ1) is 6.74. The predicted molar refractivity (Wildman–Crippen MR) is 52.9 cm³/mol. The summed E-state index contributed by atoms with van der Waals surface area (Å²) in [6.07, 6.45) is 0. The fourth-order valence-corrected chi connectivity index (χ4v) is 4.92. The second kappa shape index (κ2) is 5.23. The Hall–Kier alpha value is 0.520. The molecule has 0 radical (unpaired) electrons. The molecule has 0 bridgehead atoms. The van der Waals surface area contributed by atoms with Gasteiger partial charge in [0.25, 0.3) is 0 Å². The van der Waals surface area contributed by atoms with Crippen molar-refractivity contribution in [2.24, 2.45) is 0 Å². The van der Waals surface area contributed by atoms with Gasteiger partial charge in [-0.15, -0.1) is 0 Å². The molecule has 0 aliphatic carbocycles. The third-order valence-corrected chi connectivity index (χ3v) is 7.57. The van der Waals surface area contributed by atoms with Crippen molar-refractivity contribution < 1.29 is 31.6 Å². The molecule has 0 unspecified atom stereocenters. The lowest BCUT2D eigenvalue weighted by atomic mass is 11.7. The number of hydrogen-bond donors (Lipinski definition) is 0. The first-order valence-corrected chi connectivity index (χ1v) is 7.02. The minimum Gasteiger partial charge on any atom is -0.308 e. The highest BCUT2D eigenvalue weighted by atomic mass is 35.5. The highest BCUT2D eigenvalue weighted by molar-refractivity contribution is 7.76. The van der Waals surface area contributed by atoms with Gasteiger partial charge in [-0.3, -0.25) is 9.13 Å². The average Bonchev–Trinajstić information content (AvgIpc) is 2.26. The molecular weight excluding hydrogens is 271 g/mol. The van der Waals surface area contributed by atoms with Crippen LogP contribution >= 0.6 is 26.8 Å². The van der Waals surface area contributed by atoms with Gasteiger partial charge >= 0.3 is 19.8 Å². The Labute approximate surface area is 92.0 Å². The van der Waals surface area contributed by atoms with Crippen LogP contribution in [0.15, 0.2) is 0 Å². The predicted octanol–water partition coefficient (Wildman–Crippen LogP) is 2.78. The van der Waals surface area contributed by atoms with Crippen LogP contribution in [0.4, 0.5) is 4.39 Å². The molecule has 6 nitrogen and oxygen atoms in total. The molecule has 0 saturated heterocycles. The molecule has 0 N–H and O–H groups in total. The summed E-state index contributed by atoms with van der Waals surface area (Å²) in [5, 5.41) is 0. The zero-order chi connectivity index (χ0) is 12.3. The average molecular weight is 284 g/mol. The van der Waals surface area contributed by atoms with Crippen molar-refractivity contribution in [2.75, 3.05) is 28.4 Å². The van der Waals surface area contributed by atoms with Gasteiger partial charge in [0.05, 0.1) is 0 Å². The van der Waals surface area contributed by atoms with E-state index in [4.69, 9.17) is 11.6 Å². The van der Waals surface area contributed by atoms with Crippen LogP contribution in [0.1, 0.15) is 0 Å². The quantitative estimate of drug-likeness (QED) is 0.551. The summed E-state index contributed by atoms with van der Waals surface area (Å²) < 4.78 is 51.0. The molecule has 0 spiro atoms. The summed E-state index contributed by atoms with van der Waals surface area (Å²) in [7, 11) is -5.31. The number of hydrogen-bond acceptors (Lipinski definition) is 6. The maximum absolute atomic E-state index is 13.9. The van der Waals surface area contributed by atoms with E-state index in [1.54, 1.807) is 0 Å². The van der Waals surface area contributed by atoms with Crippen LogP contribution in [0.3, 0.4) is 0 Å². The number of halogens is 2. The molecule has 92 valence electrons. The zero-order valence-corrected chi connectivity index (χ0v) is 11.1. The fourth-order valence-electron chi connectivity index (χ4n) is 0.738. The molecular formula is C5H12ClFO6P2. The van der Waals surface area contributed by atoms with Crippen molar-refractivity contribution in [3.05, 3.63) is 0 Å². The third-order valence-electron chi connectivity index (χ3n) is 1.62. The first kappa shape index (κ1) is 15.5. The maximum atomic E-state index is 13.9. The SMILES string of the molecule is COP(=O)(OC)C([18F])(Cl)P(=O)(OC)OC. The van der Waals surface area contributed by atoms with E-state index in [2.05, 4.69) is 18.1 Å². The van der Waals surface area contributed by atoms with Crippen LogP contribution < -0.4 is 0 Å². The lowest BCUT2D eigenvalue weighted by molar-refractivity contribution is 0.204. The maximum Gasteiger partial charge on any atom is 0.395 e. The monoisotopic (exact) mass is 283 g/mol. The third kappa shape index (κ3) is 2.44. The molecule has 0 aliphatic heterocycles. The standard InChI is InChI=1S/C5H12ClFO6P2/c1-10-14(8,11-2)5(6,7)15(9,12-3)13-4/h1-4H3/i7-1. The second-order valence-electron chi connectivity index (χ2n) is 2.23. The summed E-state index contributed by atoms with van der Waals surface area (Å²) in [6.45, 7) is 0. The van der Waals surface area contributed by atoms with Gasteiger partial charge in [-0.1, -0.05) is 11.6 Å². The van der Waals surface area contributed by atoms with Gasteiger partial charge in [-0.25, -0.2) is 0 Å². The molecule has 0 aromatic rings. The molecule has 0 fully saturated rings. The van der Waals surface area contributed by atoms with Crippen molar-refractivity contribution in [1.29, 1.82) is 0 Å². The topological polar surface area (TPSA) is 71.1 Å². The summed E-state index contributed by atoms with van der Waals surface area (Å²) in [6, 6.07) is 0. The molecule has 0 amide bonds. The first-order valence-electron chi connectivity index (χ1n) is 3.55. The molecule has 0 aromatic heterocycles. The highest BCUT2D eigenvalue weighted by Gasteiger charge is 2.65. The Bertz CT molecular complexity index is 264. The van der Waals surface area contributed by atoms with E-state index in [0.717, 1.165) is 28.4 Å². The minimum atomic E-state index is -4.45. The van der Waals surface area contributed by atoms with E-state index < -0.39 is 19.8 Å². The lowest BCUT2D eigenvalue weighted by Crippen LogP contribution is -2.19. The normalized spacial score (nSPS) is 14.3. The zero-order valence-electron chi connectivity index (χ0n) is 8.60. The Morgan fingerprint density at radius 3 is 1.27 bits per heavy atom. The molecule has 10 heteroatoms. The van der Waals surface area contributed by atoms with Crippen molar-refractivity contribution in [3.63, 3.8) is 0 Å². The molecule has 0 saturated carbocycles. The Balaban J connectivity index is 5.47. The van der Waals surface area contributed by atoms with E-state index in [-0.39, 0.29) is 0 Å². The fraction of sp³-hybridized carbons (Fsp3) is 1.00. The minimum absolute atomic E-state index is 0.899. The van der Waals surface area contributed by atoms with E-state index in [0.29, 0.717) is 0 Å². The van der Waals surface area contributed by atoms with Gasteiger partial charge in [0, 0.05) is 28.4 Å². The molecule has 0 atom stereocenters. The summed E-state index contributed by atoms with van der Waals surface area (Å²) in [5.41, 5.74) is 0.